The van der Waals surface area contributed by atoms with Gasteiger partial charge >= 0.3 is 0 Å². The number of imidazole rings is 2. The lowest BCUT2D eigenvalue weighted by Crippen LogP contribution is -2.46. The molecule has 4 N–H and O–H groups in total. The van der Waals surface area contributed by atoms with Crippen LogP contribution in [0.4, 0.5) is 0 Å². The highest BCUT2D eigenvalue weighted by atomic mass is 15.1. The summed E-state index contributed by atoms with van der Waals surface area (Å²) in [5.41, 5.74) is 13.4. The Balaban J connectivity index is 1.38. The first kappa shape index (κ1) is 20.0. The van der Waals surface area contributed by atoms with E-state index < -0.39 is 0 Å². The fourth-order valence-corrected chi connectivity index (χ4v) is 4.32. The largest absolute Gasteiger partial charge is 0.331 e. The maximum atomic E-state index is 5.66. The lowest BCUT2D eigenvalue weighted by Gasteiger charge is -2.07. The molecule has 0 atom stereocenters. The molecule has 32 heavy (non-hydrogen) atoms. The summed E-state index contributed by atoms with van der Waals surface area (Å²) in [7, 11) is 2.09. The molecule has 0 spiro atoms. The van der Waals surface area contributed by atoms with Gasteiger partial charge in [-0.2, -0.15) is 0 Å². The van der Waals surface area contributed by atoms with Crippen LogP contribution in [0.3, 0.4) is 0 Å². The van der Waals surface area contributed by atoms with E-state index in [4.69, 9.17) is 16.1 Å². The number of hydrogen-bond acceptors (Lipinski definition) is 2. The van der Waals surface area contributed by atoms with Gasteiger partial charge in [0.05, 0.1) is 27.6 Å². The Hall–Kier alpha value is -3.93. The molecule has 0 radical (unpaired) electrons. The summed E-state index contributed by atoms with van der Waals surface area (Å²) in [5, 5.41) is 5.66. The van der Waals surface area contributed by atoms with Gasteiger partial charge in [0, 0.05) is 20.0 Å². The smallest absolute Gasteiger partial charge is 0.270 e. The summed E-state index contributed by atoms with van der Waals surface area (Å²) < 4.78 is 4.45. The standard InChI is InChI=1S/C26H26N6/c1-17-29-21-5-3-4-6-24(21)32(17)16-19-9-13-23-22(15-19)30-25(31(23)2)14-10-18-7-11-20(12-8-18)26(27)28/h3-9,11-13,15H,10,14,16H2,1-2H3,(H3,27,28)/p+1. The molecule has 0 saturated carbocycles. The zero-order valence-electron chi connectivity index (χ0n) is 18.4. The van der Waals surface area contributed by atoms with Crippen molar-refractivity contribution in [2.45, 2.75) is 26.3 Å². The molecule has 6 nitrogen and oxygen atoms in total. The zero-order valence-corrected chi connectivity index (χ0v) is 18.4. The molecule has 0 aliphatic rings. The third-order valence-electron chi connectivity index (χ3n) is 6.15. The van der Waals surface area contributed by atoms with Crippen LogP contribution < -0.4 is 11.1 Å². The molecule has 2 heterocycles. The van der Waals surface area contributed by atoms with E-state index in [9.17, 15) is 0 Å². The van der Waals surface area contributed by atoms with E-state index in [1.165, 1.54) is 11.1 Å². The number of para-hydroxylation sites is 2. The highest BCUT2D eigenvalue weighted by Crippen LogP contribution is 2.21. The molecule has 3 aromatic carbocycles. The molecule has 6 heteroatoms. The van der Waals surface area contributed by atoms with Gasteiger partial charge in [-0.25, -0.2) is 9.97 Å². The van der Waals surface area contributed by atoms with Crippen LogP contribution in [0.25, 0.3) is 22.1 Å². The maximum absolute atomic E-state index is 5.66. The molecule has 0 saturated heterocycles. The number of aromatic nitrogens is 4. The van der Waals surface area contributed by atoms with E-state index in [0.717, 1.165) is 58.7 Å². The van der Waals surface area contributed by atoms with Crippen LogP contribution in [0.1, 0.15) is 28.3 Å². The van der Waals surface area contributed by atoms with Crippen molar-refractivity contribution in [2.24, 2.45) is 12.8 Å². The molecule has 0 amide bonds. The Labute approximate surface area is 186 Å². The van der Waals surface area contributed by atoms with E-state index in [1.54, 1.807) is 0 Å². The number of aryl methyl sites for hydroxylation is 4. The third kappa shape index (κ3) is 3.64. The number of nitrogens with zero attached hydrogens (tertiary/aromatic N) is 4. The lowest BCUT2D eigenvalue weighted by atomic mass is 10.1. The average molecular weight is 424 g/mol. The van der Waals surface area contributed by atoms with Gasteiger partial charge in [-0.05, 0) is 60.9 Å². The topological polar surface area (TPSA) is 87.2 Å². The van der Waals surface area contributed by atoms with Gasteiger partial charge in [0.2, 0.25) is 0 Å². The lowest BCUT2D eigenvalue weighted by molar-refractivity contribution is -0.114. The molecule has 160 valence electrons. The minimum absolute atomic E-state index is 0.349. The van der Waals surface area contributed by atoms with Gasteiger partial charge in [-0.15, -0.1) is 0 Å². The summed E-state index contributed by atoms with van der Waals surface area (Å²) in [4.78, 5) is 9.63. The van der Waals surface area contributed by atoms with Gasteiger partial charge in [-0.1, -0.05) is 30.3 Å². The van der Waals surface area contributed by atoms with Gasteiger partial charge < -0.3 is 9.13 Å². The second-order valence-corrected chi connectivity index (χ2v) is 8.30. The minimum Gasteiger partial charge on any atom is -0.331 e. The van der Waals surface area contributed by atoms with Crippen molar-refractivity contribution in [3.63, 3.8) is 0 Å². The van der Waals surface area contributed by atoms with Crippen LogP contribution in [0.2, 0.25) is 0 Å². The Kier molecular flexibility index (Phi) is 4.98. The molecule has 0 aliphatic carbocycles. The van der Waals surface area contributed by atoms with Crippen LogP contribution in [-0.4, -0.2) is 24.9 Å². The quantitative estimate of drug-likeness (QED) is 0.325. The predicted molar refractivity (Wildman–Crippen MR) is 128 cm³/mol. The fourth-order valence-electron chi connectivity index (χ4n) is 4.32. The van der Waals surface area contributed by atoms with Crippen LogP contribution >= 0.6 is 0 Å². The van der Waals surface area contributed by atoms with Crippen LogP contribution in [-0.2, 0) is 26.4 Å². The Morgan fingerprint density at radius 3 is 2.41 bits per heavy atom. The SMILES string of the molecule is Cc1nc2ccccc2n1Cc1ccc2c(c1)nc(CCc1ccc(C(N)=[NH2+])cc1)n2C. The summed E-state index contributed by atoms with van der Waals surface area (Å²) >= 11 is 0. The Bertz CT molecular complexity index is 1440. The average Bonchev–Trinajstić information content (AvgIpc) is 3.28. The van der Waals surface area contributed by atoms with Gasteiger partial charge in [0.15, 0.2) is 0 Å². The molecule has 5 aromatic rings. The zero-order chi connectivity index (χ0) is 22.2. The summed E-state index contributed by atoms with van der Waals surface area (Å²) in [5.74, 6) is 2.45. The minimum atomic E-state index is 0.349. The second kappa shape index (κ2) is 7.96. The second-order valence-electron chi connectivity index (χ2n) is 8.30. The van der Waals surface area contributed by atoms with Crippen LogP contribution in [0.15, 0.2) is 66.7 Å². The fraction of sp³-hybridized carbons (Fsp3) is 0.192. The number of fused-ring (bicyclic) bond motifs is 2. The van der Waals surface area contributed by atoms with Crippen molar-refractivity contribution in [2.75, 3.05) is 0 Å². The highest BCUT2D eigenvalue weighted by molar-refractivity contribution is 5.92. The molecule has 0 aliphatic heterocycles. The predicted octanol–water partition coefficient (Wildman–Crippen LogP) is 2.53. The van der Waals surface area contributed by atoms with Crippen molar-refractivity contribution in [1.29, 1.82) is 0 Å². The number of hydrogen-bond donors (Lipinski definition) is 2. The summed E-state index contributed by atoms with van der Waals surface area (Å²) in [6.45, 7) is 2.84. The first-order chi connectivity index (χ1) is 15.5. The van der Waals surface area contributed by atoms with Crippen molar-refractivity contribution in [3.8, 4) is 0 Å². The van der Waals surface area contributed by atoms with Gasteiger partial charge in [0.25, 0.3) is 5.84 Å². The van der Waals surface area contributed by atoms with E-state index in [2.05, 4.69) is 76.6 Å². The molecule has 2 aromatic heterocycles. The van der Waals surface area contributed by atoms with Gasteiger partial charge in [-0.3, -0.25) is 11.1 Å². The van der Waals surface area contributed by atoms with Crippen LogP contribution in [0, 0.1) is 6.92 Å². The molecule has 0 unspecified atom stereocenters. The van der Waals surface area contributed by atoms with Gasteiger partial charge in [0.1, 0.15) is 11.6 Å². The summed E-state index contributed by atoms with van der Waals surface area (Å²) in [6.07, 6.45) is 1.78. The molecule has 0 fully saturated rings. The molecular weight excluding hydrogens is 396 g/mol. The number of amidine groups is 1. The number of benzene rings is 3. The first-order valence-corrected chi connectivity index (χ1v) is 10.8. The number of rotatable bonds is 6. The normalized spacial score (nSPS) is 11.4. The Morgan fingerprint density at radius 2 is 1.62 bits per heavy atom. The van der Waals surface area contributed by atoms with E-state index in [1.807, 2.05) is 18.2 Å². The van der Waals surface area contributed by atoms with Crippen LogP contribution in [0.5, 0.6) is 0 Å². The van der Waals surface area contributed by atoms with E-state index >= 15 is 0 Å². The van der Waals surface area contributed by atoms with E-state index in [0.29, 0.717) is 5.84 Å². The third-order valence-corrected chi connectivity index (χ3v) is 6.15. The number of nitrogens with two attached hydrogens (primary N) is 2. The van der Waals surface area contributed by atoms with Crippen molar-refractivity contribution >= 4 is 27.9 Å². The molecule has 0 bridgehead atoms. The van der Waals surface area contributed by atoms with Crippen molar-refractivity contribution in [1.82, 2.24) is 19.1 Å². The van der Waals surface area contributed by atoms with Crippen molar-refractivity contribution in [3.05, 3.63) is 95.1 Å². The molecular formula is C26H27N6+. The Morgan fingerprint density at radius 1 is 0.875 bits per heavy atom. The summed E-state index contributed by atoms with van der Waals surface area (Å²) in [6, 6.07) is 22.9. The first-order valence-electron chi connectivity index (χ1n) is 10.8. The van der Waals surface area contributed by atoms with E-state index in [-0.39, 0.29) is 0 Å². The maximum Gasteiger partial charge on any atom is 0.270 e. The highest BCUT2D eigenvalue weighted by Gasteiger charge is 2.11. The molecule has 5 rings (SSSR count). The monoisotopic (exact) mass is 423 g/mol. The van der Waals surface area contributed by atoms with Crippen molar-refractivity contribution < 1.29 is 5.41 Å².